The third kappa shape index (κ3) is 2.90. The molecule has 0 saturated heterocycles. The molecule has 3 rings (SSSR count). The number of ketones is 2. The van der Waals surface area contributed by atoms with Gasteiger partial charge in [0.2, 0.25) is 0 Å². The van der Waals surface area contributed by atoms with Crippen LogP contribution in [-0.4, -0.2) is 21.5 Å². The van der Waals surface area contributed by atoms with Crippen LogP contribution in [-0.2, 0) is 16.0 Å². The van der Waals surface area contributed by atoms with E-state index in [0.29, 0.717) is 29.5 Å². The van der Waals surface area contributed by atoms with Crippen molar-refractivity contribution in [2.24, 2.45) is 11.8 Å². The number of benzene rings is 1. The summed E-state index contributed by atoms with van der Waals surface area (Å²) in [7, 11) is 0. The fraction of sp³-hybridized carbons (Fsp3) is 0.421. The Balaban J connectivity index is 1.67. The number of aromatic amines is 1. The molecule has 0 spiro atoms. The number of imidazole rings is 1. The minimum Gasteiger partial charge on any atom is -0.342 e. The number of nitrogens with zero attached hydrogens (tertiary/aromatic N) is 1. The van der Waals surface area contributed by atoms with Crippen LogP contribution in [0, 0.1) is 17.7 Å². The molecule has 1 aromatic carbocycles. The number of allylic oxidation sites excluding steroid dienone is 2. The van der Waals surface area contributed by atoms with Gasteiger partial charge in [0.1, 0.15) is 11.6 Å². The lowest BCUT2D eigenvalue weighted by Gasteiger charge is -2.28. The van der Waals surface area contributed by atoms with Crippen molar-refractivity contribution < 1.29 is 14.0 Å². The zero-order valence-electron chi connectivity index (χ0n) is 14.1. The van der Waals surface area contributed by atoms with E-state index in [1.54, 1.807) is 19.9 Å². The van der Waals surface area contributed by atoms with Gasteiger partial charge in [-0.25, -0.2) is 9.37 Å². The van der Waals surface area contributed by atoms with Gasteiger partial charge in [0, 0.05) is 18.3 Å². The van der Waals surface area contributed by atoms with Crippen LogP contribution in [0.3, 0.4) is 0 Å². The summed E-state index contributed by atoms with van der Waals surface area (Å²) >= 11 is 0. The highest BCUT2D eigenvalue weighted by Crippen LogP contribution is 2.31. The maximum atomic E-state index is 13.2. The van der Waals surface area contributed by atoms with Crippen molar-refractivity contribution in [3.8, 4) is 0 Å². The predicted molar refractivity (Wildman–Crippen MR) is 90.0 cm³/mol. The van der Waals surface area contributed by atoms with Crippen molar-refractivity contribution in [1.29, 1.82) is 0 Å². The Labute approximate surface area is 140 Å². The number of hydrogen-bond acceptors (Lipinski definition) is 3. The number of carbonyl (C=O) groups excluding carboxylic acids is 2. The number of halogens is 1. The number of fused-ring (bicyclic) bond motifs is 1. The second-order valence-electron chi connectivity index (χ2n) is 6.61. The lowest BCUT2D eigenvalue weighted by Crippen LogP contribution is -2.35. The van der Waals surface area contributed by atoms with Crippen molar-refractivity contribution in [3.63, 3.8) is 0 Å². The zero-order valence-corrected chi connectivity index (χ0v) is 14.1. The van der Waals surface area contributed by atoms with Crippen molar-refractivity contribution in [2.75, 3.05) is 0 Å². The SMILES string of the molecule is CC1=C(C)C(=O)C(CCCc2nc3ccc(F)cc3[nH]2)C(C)C1=O. The van der Waals surface area contributed by atoms with Crippen LogP contribution in [0.15, 0.2) is 29.3 Å². The summed E-state index contributed by atoms with van der Waals surface area (Å²) in [6.45, 7) is 5.31. The summed E-state index contributed by atoms with van der Waals surface area (Å²) in [6, 6.07) is 4.46. The minimum atomic E-state index is -0.296. The molecule has 0 bridgehead atoms. The zero-order chi connectivity index (χ0) is 17.4. The Bertz CT molecular complexity index is 850. The summed E-state index contributed by atoms with van der Waals surface area (Å²) in [5, 5.41) is 0. The first-order valence-corrected chi connectivity index (χ1v) is 8.28. The van der Waals surface area contributed by atoms with Crippen LogP contribution in [0.4, 0.5) is 4.39 Å². The summed E-state index contributed by atoms with van der Waals surface area (Å²) in [6.07, 6.45) is 2.08. The molecule has 1 aliphatic rings. The average molecular weight is 328 g/mol. The van der Waals surface area contributed by atoms with Crippen molar-refractivity contribution >= 4 is 22.6 Å². The lowest BCUT2D eigenvalue weighted by atomic mass is 9.73. The fourth-order valence-corrected chi connectivity index (χ4v) is 3.42. The van der Waals surface area contributed by atoms with E-state index in [-0.39, 0.29) is 29.2 Å². The highest BCUT2D eigenvalue weighted by Gasteiger charge is 2.36. The molecule has 1 heterocycles. The summed E-state index contributed by atoms with van der Waals surface area (Å²) in [5.41, 5.74) is 2.61. The Kier molecular flexibility index (Phi) is 4.35. The van der Waals surface area contributed by atoms with Crippen molar-refractivity contribution in [3.05, 3.63) is 41.0 Å². The van der Waals surface area contributed by atoms with E-state index in [2.05, 4.69) is 9.97 Å². The minimum absolute atomic E-state index is 0.0799. The first-order valence-electron chi connectivity index (χ1n) is 8.28. The van der Waals surface area contributed by atoms with Crippen molar-refractivity contribution in [2.45, 2.75) is 40.0 Å². The second kappa shape index (κ2) is 6.30. The van der Waals surface area contributed by atoms with E-state index in [1.165, 1.54) is 12.1 Å². The highest BCUT2D eigenvalue weighted by molar-refractivity contribution is 6.13. The smallest absolute Gasteiger partial charge is 0.162 e. The predicted octanol–water partition coefficient (Wildman–Crippen LogP) is 3.77. The van der Waals surface area contributed by atoms with Crippen LogP contribution in [0.5, 0.6) is 0 Å². The van der Waals surface area contributed by atoms with E-state index in [4.69, 9.17) is 0 Å². The lowest BCUT2D eigenvalue weighted by molar-refractivity contribution is -0.130. The van der Waals surface area contributed by atoms with E-state index in [9.17, 15) is 14.0 Å². The molecule has 0 amide bonds. The van der Waals surface area contributed by atoms with Crippen LogP contribution in [0.2, 0.25) is 0 Å². The molecular formula is C19H21FN2O2. The molecule has 2 atom stereocenters. The molecule has 0 saturated carbocycles. The summed E-state index contributed by atoms with van der Waals surface area (Å²) < 4.78 is 13.2. The maximum absolute atomic E-state index is 13.2. The Morgan fingerprint density at radius 2 is 1.88 bits per heavy atom. The van der Waals surface area contributed by atoms with Gasteiger partial charge in [-0.3, -0.25) is 9.59 Å². The number of nitrogens with one attached hydrogen (secondary N) is 1. The molecule has 0 radical (unpaired) electrons. The Hall–Kier alpha value is -2.30. The van der Waals surface area contributed by atoms with Crippen molar-refractivity contribution in [1.82, 2.24) is 9.97 Å². The Morgan fingerprint density at radius 3 is 2.62 bits per heavy atom. The highest BCUT2D eigenvalue weighted by atomic mass is 19.1. The summed E-state index contributed by atoms with van der Waals surface area (Å²) in [4.78, 5) is 32.2. The molecule has 24 heavy (non-hydrogen) atoms. The fourth-order valence-electron chi connectivity index (χ4n) is 3.42. The normalized spacial score (nSPS) is 21.8. The third-order valence-corrected chi connectivity index (χ3v) is 5.08. The van der Waals surface area contributed by atoms with Gasteiger partial charge >= 0.3 is 0 Å². The number of carbonyl (C=O) groups is 2. The largest absolute Gasteiger partial charge is 0.342 e. The monoisotopic (exact) mass is 328 g/mol. The quantitative estimate of drug-likeness (QED) is 0.929. The van der Waals surface area contributed by atoms with Crippen LogP contribution in [0.25, 0.3) is 11.0 Å². The van der Waals surface area contributed by atoms with Gasteiger partial charge in [0.05, 0.1) is 11.0 Å². The molecule has 1 aliphatic carbocycles. The van der Waals surface area contributed by atoms with E-state index in [1.807, 2.05) is 6.92 Å². The molecule has 0 aliphatic heterocycles. The van der Waals surface area contributed by atoms with E-state index < -0.39 is 0 Å². The molecule has 1 N–H and O–H groups in total. The van der Waals surface area contributed by atoms with E-state index >= 15 is 0 Å². The first kappa shape index (κ1) is 16.6. The first-order chi connectivity index (χ1) is 11.4. The van der Waals surface area contributed by atoms with Gasteiger partial charge in [-0.15, -0.1) is 0 Å². The molecule has 1 aromatic heterocycles. The molecule has 0 fully saturated rings. The average Bonchev–Trinajstić information content (AvgIpc) is 2.96. The van der Waals surface area contributed by atoms with E-state index in [0.717, 1.165) is 17.8 Å². The van der Waals surface area contributed by atoms with Gasteiger partial charge < -0.3 is 4.98 Å². The van der Waals surface area contributed by atoms with Gasteiger partial charge in [-0.2, -0.15) is 0 Å². The standard InChI is InChI=1S/C19H21FN2O2/c1-10-11(2)19(24)14(12(3)18(10)23)5-4-6-17-21-15-8-7-13(20)9-16(15)22-17/h7-9,12,14H,4-6H2,1-3H3,(H,21,22). The van der Waals surface area contributed by atoms with Crippen LogP contribution < -0.4 is 0 Å². The molecule has 126 valence electrons. The van der Waals surface area contributed by atoms with Gasteiger partial charge in [-0.1, -0.05) is 6.92 Å². The topological polar surface area (TPSA) is 62.8 Å². The van der Waals surface area contributed by atoms with Crippen LogP contribution >= 0.6 is 0 Å². The molecule has 5 heteroatoms. The number of Topliss-reactive ketones (excluding diaryl/α,β-unsaturated/α-hetero) is 2. The van der Waals surface area contributed by atoms with Gasteiger partial charge in [-0.05, 0) is 56.0 Å². The third-order valence-electron chi connectivity index (χ3n) is 5.08. The molecular weight excluding hydrogens is 307 g/mol. The van der Waals surface area contributed by atoms with Gasteiger partial charge in [0.25, 0.3) is 0 Å². The maximum Gasteiger partial charge on any atom is 0.162 e. The number of hydrogen-bond donors (Lipinski definition) is 1. The second-order valence-corrected chi connectivity index (χ2v) is 6.61. The number of H-pyrrole nitrogens is 1. The number of rotatable bonds is 4. The molecule has 2 aromatic rings. The number of aryl methyl sites for hydroxylation is 1. The Morgan fingerprint density at radius 1 is 1.17 bits per heavy atom. The van der Waals surface area contributed by atoms with Crippen LogP contribution in [0.1, 0.15) is 39.4 Å². The summed E-state index contributed by atoms with van der Waals surface area (Å²) in [5.74, 6) is 0.147. The van der Waals surface area contributed by atoms with Gasteiger partial charge in [0.15, 0.2) is 11.6 Å². The number of aromatic nitrogens is 2. The molecule has 4 nitrogen and oxygen atoms in total. The molecule has 2 unspecified atom stereocenters.